The Bertz CT molecular complexity index is 999. The van der Waals surface area contributed by atoms with E-state index in [0.717, 1.165) is 16.7 Å². The molecule has 0 bridgehead atoms. The van der Waals surface area contributed by atoms with E-state index < -0.39 is 6.10 Å². The standard InChI is InChI=1S/C21H25ClN4O4/c1-11(2)29-18-8-15(7-17(22)24-18)21-25-20(26-30-21)14-5-12(3)19(13(4)6-14)28-10-16(27)9-23/h5-8,11,16,27H,9-10,23H2,1-4H3/t16-/m0/s1. The molecule has 0 fully saturated rings. The number of pyridine rings is 1. The topological polar surface area (TPSA) is 117 Å². The van der Waals surface area contributed by atoms with Crippen molar-refractivity contribution in [3.8, 4) is 34.5 Å². The first kappa shape index (κ1) is 22.0. The molecule has 9 heteroatoms. The van der Waals surface area contributed by atoms with Crippen LogP contribution in [0, 0.1) is 13.8 Å². The molecule has 2 heterocycles. The molecule has 0 aliphatic heterocycles. The van der Waals surface area contributed by atoms with Gasteiger partial charge in [-0.3, -0.25) is 0 Å². The van der Waals surface area contributed by atoms with Crippen LogP contribution in [0.4, 0.5) is 0 Å². The molecule has 0 saturated carbocycles. The summed E-state index contributed by atoms with van der Waals surface area (Å²) < 4.78 is 16.8. The van der Waals surface area contributed by atoms with Gasteiger partial charge in [-0.15, -0.1) is 0 Å². The van der Waals surface area contributed by atoms with Gasteiger partial charge in [-0.05, 0) is 57.0 Å². The summed E-state index contributed by atoms with van der Waals surface area (Å²) in [5.41, 5.74) is 8.61. The molecule has 0 unspecified atom stereocenters. The quantitative estimate of drug-likeness (QED) is 0.519. The fourth-order valence-electron chi connectivity index (χ4n) is 2.91. The van der Waals surface area contributed by atoms with Crippen molar-refractivity contribution in [1.29, 1.82) is 0 Å². The van der Waals surface area contributed by atoms with Gasteiger partial charge in [-0.25, -0.2) is 4.98 Å². The molecule has 0 aliphatic carbocycles. The van der Waals surface area contributed by atoms with Crippen LogP contribution >= 0.6 is 11.6 Å². The molecule has 0 aliphatic rings. The second-order valence-corrected chi connectivity index (χ2v) is 7.63. The van der Waals surface area contributed by atoms with Crippen LogP contribution in [0.25, 0.3) is 22.8 Å². The van der Waals surface area contributed by atoms with Gasteiger partial charge >= 0.3 is 0 Å². The van der Waals surface area contributed by atoms with Crippen molar-refractivity contribution in [2.45, 2.75) is 39.9 Å². The number of aliphatic hydroxyl groups is 1. The molecular weight excluding hydrogens is 408 g/mol. The maximum absolute atomic E-state index is 9.63. The van der Waals surface area contributed by atoms with Gasteiger partial charge in [-0.1, -0.05) is 16.8 Å². The zero-order chi connectivity index (χ0) is 21.8. The Hall–Kier alpha value is -2.68. The predicted molar refractivity (Wildman–Crippen MR) is 114 cm³/mol. The Morgan fingerprint density at radius 3 is 2.43 bits per heavy atom. The van der Waals surface area contributed by atoms with Gasteiger partial charge in [0.05, 0.1) is 6.10 Å². The van der Waals surface area contributed by atoms with E-state index in [2.05, 4.69) is 15.1 Å². The Labute approximate surface area is 180 Å². The number of rotatable bonds is 8. The van der Waals surface area contributed by atoms with E-state index in [0.29, 0.717) is 28.9 Å². The van der Waals surface area contributed by atoms with Crippen LogP contribution in [0.2, 0.25) is 5.15 Å². The van der Waals surface area contributed by atoms with Gasteiger partial charge in [0.25, 0.3) is 5.89 Å². The molecular formula is C21H25ClN4O4. The minimum absolute atomic E-state index is 0.0419. The van der Waals surface area contributed by atoms with Crippen LogP contribution in [0.3, 0.4) is 0 Å². The molecule has 0 saturated heterocycles. The van der Waals surface area contributed by atoms with Crippen molar-refractivity contribution in [3.05, 3.63) is 40.5 Å². The lowest BCUT2D eigenvalue weighted by Crippen LogP contribution is -2.26. The number of hydrogen-bond donors (Lipinski definition) is 2. The van der Waals surface area contributed by atoms with Crippen LogP contribution < -0.4 is 15.2 Å². The molecule has 3 aromatic rings. The highest BCUT2D eigenvalue weighted by Gasteiger charge is 2.16. The summed E-state index contributed by atoms with van der Waals surface area (Å²) in [5.74, 6) is 1.83. The first-order valence-corrected chi connectivity index (χ1v) is 9.95. The maximum atomic E-state index is 9.63. The fourth-order valence-corrected chi connectivity index (χ4v) is 3.11. The predicted octanol–water partition coefficient (Wildman–Crippen LogP) is 3.55. The first-order valence-electron chi connectivity index (χ1n) is 9.57. The molecule has 1 atom stereocenters. The van der Waals surface area contributed by atoms with Crippen LogP contribution in [0.5, 0.6) is 11.6 Å². The molecule has 2 aromatic heterocycles. The summed E-state index contributed by atoms with van der Waals surface area (Å²) in [7, 11) is 0. The Balaban J connectivity index is 1.87. The third-order valence-electron chi connectivity index (χ3n) is 4.21. The summed E-state index contributed by atoms with van der Waals surface area (Å²) in [6.45, 7) is 7.92. The highest BCUT2D eigenvalue weighted by atomic mass is 35.5. The molecule has 3 N–H and O–H groups in total. The normalized spacial score (nSPS) is 12.3. The number of halogens is 1. The monoisotopic (exact) mass is 432 g/mol. The van der Waals surface area contributed by atoms with E-state index >= 15 is 0 Å². The molecule has 0 amide bonds. The summed E-state index contributed by atoms with van der Waals surface area (Å²) in [6.07, 6.45) is -0.750. The van der Waals surface area contributed by atoms with Crippen molar-refractivity contribution in [2.75, 3.05) is 13.2 Å². The van der Waals surface area contributed by atoms with E-state index in [4.69, 9.17) is 31.3 Å². The molecule has 0 spiro atoms. The minimum Gasteiger partial charge on any atom is -0.490 e. The molecule has 0 radical (unpaired) electrons. The summed E-state index contributed by atoms with van der Waals surface area (Å²) in [6, 6.07) is 7.15. The number of aryl methyl sites for hydroxylation is 2. The van der Waals surface area contributed by atoms with Gasteiger partial charge in [0.15, 0.2) is 0 Å². The number of benzene rings is 1. The number of ether oxygens (including phenoxy) is 2. The van der Waals surface area contributed by atoms with Crippen molar-refractivity contribution in [1.82, 2.24) is 15.1 Å². The first-order chi connectivity index (χ1) is 14.3. The van der Waals surface area contributed by atoms with E-state index in [1.54, 1.807) is 12.1 Å². The summed E-state index contributed by atoms with van der Waals surface area (Å²) >= 11 is 6.11. The Kier molecular flexibility index (Phi) is 6.91. The van der Waals surface area contributed by atoms with Crippen LogP contribution in [0.15, 0.2) is 28.8 Å². The zero-order valence-electron chi connectivity index (χ0n) is 17.3. The van der Waals surface area contributed by atoms with Crippen molar-refractivity contribution in [3.63, 3.8) is 0 Å². The lowest BCUT2D eigenvalue weighted by atomic mass is 10.1. The number of aliphatic hydroxyl groups excluding tert-OH is 1. The molecule has 30 heavy (non-hydrogen) atoms. The number of hydrogen-bond acceptors (Lipinski definition) is 8. The highest BCUT2D eigenvalue weighted by Crippen LogP contribution is 2.31. The van der Waals surface area contributed by atoms with E-state index in [9.17, 15) is 5.11 Å². The SMILES string of the molecule is Cc1cc(-c2noc(-c3cc(Cl)nc(OC(C)C)c3)n2)cc(C)c1OC[C@@H](O)CN. The lowest BCUT2D eigenvalue weighted by molar-refractivity contribution is 0.113. The largest absolute Gasteiger partial charge is 0.490 e. The highest BCUT2D eigenvalue weighted by molar-refractivity contribution is 6.29. The van der Waals surface area contributed by atoms with Gasteiger partial charge in [0.2, 0.25) is 11.7 Å². The Morgan fingerprint density at radius 1 is 1.10 bits per heavy atom. The second kappa shape index (κ2) is 9.42. The van der Waals surface area contributed by atoms with E-state index in [1.807, 2.05) is 39.8 Å². The molecule has 1 aromatic carbocycles. The maximum Gasteiger partial charge on any atom is 0.258 e. The van der Waals surface area contributed by atoms with Crippen LogP contribution in [-0.2, 0) is 0 Å². The summed E-state index contributed by atoms with van der Waals surface area (Å²) in [4.78, 5) is 8.64. The number of aromatic nitrogens is 3. The third-order valence-corrected chi connectivity index (χ3v) is 4.40. The smallest absolute Gasteiger partial charge is 0.258 e. The van der Waals surface area contributed by atoms with Crippen LogP contribution in [-0.4, -0.2) is 45.6 Å². The van der Waals surface area contributed by atoms with Gasteiger partial charge in [0, 0.05) is 23.7 Å². The van der Waals surface area contributed by atoms with E-state index in [1.165, 1.54) is 0 Å². The molecule has 3 rings (SSSR count). The van der Waals surface area contributed by atoms with Crippen LogP contribution in [0.1, 0.15) is 25.0 Å². The minimum atomic E-state index is -0.708. The van der Waals surface area contributed by atoms with Gasteiger partial charge in [0.1, 0.15) is 23.6 Å². The lowest BCUT2D eigenvalue weighted by Gasteiger charge is -2.15. The van der Waals surface area contributed by atoms with Crippen molar-refractivity contribution < 1.29 is 19.1 Å². The number of nitrogens with two attached hydrogens (primary N) is 1. The average molecular weight is 433 g/mol. The van der Waals surface area contributed by atoms with Crippen molar-refractivity contribution >= 4 is 11.6 Å². The second-order valence-electron chi connectivity index (χ2n) is 7.25. The molecule has 160 valence electrons. The van der Waals surface area contributed by atoms with Gasteiger partial charge in [-0.2, -0.15) is 4.98 Å². The van der Waals surface area contributed by atoms with Crippen molar-refractivity contribution in [2.24, 2.45) is 5.73 Å². The number of nitrogens with zero attached hydrogens (tertiary/aromatic N) is 3. The van der Waals surface area contributed by atoms with Gasteiger partial charge < -0.3 is 24.8 Å². The summed E-state index contributed by atoms with van der Waals surface area (Å²) in [5, 5.41) is 14.0. The third kappa shape index (κ3) is 5.27. The molecule has 8 nitrogen and oxygen atoms in total. The fraction of sp³-hybridized carbons (Fsp3) is 0.381. The Morgan fingerprint density at radius 2 is 1.80 bits per heavy atom. The average Bonchev–Trinajstić information content (AvgIpc) is 3.16. The zero-order valence-corrected chi connectivity index (χ0v) is 18.1. The van der Waals surface area contributed by atoms with E-state index in [-0.39, 0.29) is 24.4 Å².